The molecule has 0 spiro atoms. The van der Waals surface area contributed by atoms with Crippen molar-refractivity contribution in [1.82, 2.24) is 4.90 Å². The van der Waals surface area contributed by atoms with Crippen LogP contribution in [0.5, 0.6) is 5.75 Å². The van der Waals surface area contributed by atoms with Crippen LogP contribution in [0.15, 0.2) is 18.2 Å². The van der Waals surface area contributed by atoms with E-state index in [9.17, 15) is 4.79 Å². The molecule has 0 unspecified atom stereocenters. The zero-order chi connectivity index (χ0) is 11.5. The van der Waals surface area contributed by atoms with Gasteiger partial charge < -0.3 is 15.4 Å². The maximum absolute atomic E-state index is 12.1. The van der Waals surface area contributed by atoms with E-state index in [-0.39, 0.29) is 5.91 Å². The third-order valence-electron chi connectivity index (χ3n) is 2.88. The van der Waals surface area contributed by atoms with Crippen LogP contribution >= 0.6 is 0 Å². The summed E-state index contributed by atoms with van der Waals surface area (Å²) in [6.07, 6.45) is 0.894. The van der Waals surface area contributed by atoms with Gasteiger partial charge in [-0.05, 0) is 24.1 Å². The van der Waals surface area contributed by atoms with E-state index in [1.54, 1.807) is 18.1 Å². The van der Waals surface area contributed by atoms with Crippen LogP contribution in [-0.4, -0.2) is 37.6 Å². The molecule has 0 saturated carbocycles. The molecule has 86 valence electrons. The fourth-order valence-electron chi connectivity index (χ4n) is 2.00. The topological polar surface area (TPSA) is 55.6 Å². The van der Waals surface area contributed by atoms with Crippen LogP contribution in [0.25, 0.3) is 0 Å². The number of fused-ring (bicyclic) bond motifs is 1. The molecule has 0 saturated heterocycles. The fourth-order valence-corrected chi connectivity index (χ4v) is 2.00. The number of hydrogen-bond donors (Lipinski definition) is 1. The first-order valence-corrected chi connectivity index (χ1v) is 5.42. The number of carbonyl (C=O) groups excluding carboxylic acids is 1. The Labute approximate surface area is 95.0 Å². The Bertz CT molecular complexity index is 404. The number of nitrogens with zero attached hydrogens (tertiary/aromatic N) is 1. The third kappa shape index (κ3) is 1.88. The van der Waals surface area contributed by atoms with Gasteiger partial charge in [0.2, 0.25) is 0 Å². The van der Waals surface area contributed by atoms with Crippen molar-refractivity contribution in [2.75, 3.05) is 26.7 Å². The van der Waals surface area contributed by atoms with Crippen LogP contribution in [0.1, 0.15) is 15.9 Å². The van der Waals surface area contributed by atoms with Crippen LogP contribution in [0.2, 0.25) is 0 Å². The Balaban J connectivity index is 2.31. The van der Waals surface area contributed by atoms with Gasteiger partial charge >= 0.3 is 0 Å². The van der Waals surface area contributed by atoms with Gasteiger partial charge in [-0.2, -0.15) is 0 Å². The second-order valence-electron chi connectivity index (χ2n) is 3.85. The number of benzene rings is 1. The molecular weight excluding hydrogens is 204 g/mol. The van der Waals surface area contributed by atoms with Gasteiger partial charge in [0.1, 0.15) is 5.75 Å². The Morgan fingerprint density at radius 3 is 3.00 bits per heavy atom. The zero-order valence-corrected chi connectivity index (χ0v) is 9.40. The summed E-state index contributed by atoms with van der Waals surface area (Å²) in [5, 5.41) is 0. The lowest BCUT2D eigenvalue weighted by Crippen LogP contribution is -2.40. The highest BCUT2D eigenvalue weighted by atomic mass is 16.5. The molecule has 0 aromatic heterocycles. The van der Waals surface area contributed by atoms with E-state index in [2.05, 4.69) is 0 Å². The average molecular weight is 220 g/mol. The maximum atomic E-state index is 12.1. The lowest BCUT2D eigenvalue weighted by molar-refractivity contribution is 0.0744. The predicted octanol–water partition coefficient (Wildman–Crippen LogP) is 0.652. The lowest BCUT2D eigenvalue weighted by Gasteiger charge is -2.28. The number of amides is 1. The van der Waals surface area contributed by atoms with E-state index < -0.39 is 0 Å². The molecule has 2 N–H and O–H groups in total. The smallest absolute Gasteiger partial charge is 0.254 e. The van der Waals surface area contributed by atoms with E-state index in [0.717, 1.165) is 29.8 Å². The molecule has 1 heterocycles. The molecule has 4 heteroatoms. The fraction of sp³-hybridized carbons (Fsp3) is 0.417. The number of nitrogens with two attached hydrogens (primary N) is 1. The highest BCUT2D eigenvalue weighted by Gasteiger charge is 2.23. The summed E-state index contributed by atoms with van der Waals surface area (Å²) in [5.74, 6) is 0.785. The van der Waals surface area contributed by atoms with Crippen molar-refractivity contribution in [2.45, 2.75) is 6.42 Å². The molecule has 0 aliphatic carbocycles. The molecule has 0 atom stereocenters. The first-order valence-electron chi connectivity index (χ1n) is 5.42. The Morgan fingerprint density at radius 1 is 1.50 bits per heavy atom. The largest absolute Gasteiger partial charge is 0.497 e. The molecule has 2 rings (SSSR count). The number of hydrogen-bond acceptors (Lipinski definition) is 3. The molecule has 1 aromatic carbocycles. The summed E-state index contributed by atoms with van der Waals surface area (Å²) >= 11 is 0. The Kier molecular flexibility index (Phi) is 3.10. The molecule has 0 radical (unpaired) electrons. The predicted molar refractivity (Wildman–Crippen MR) is 61.7 cm³/mol. The zero-order valence-electron chi connectivity index (χ0n) is 9.40. The lowest BCUT2D eigenvalue weighted by atomic mass is 9.99. The monoisotopic (exact) mass is 220 g/mol. The van der Waals surface area contributed by atoms with E-state index in [1.807, 2.05) is 12.1 Å². The molecular formula is C12H16N2O2. The van der Waals surface area contributed by atoms with Crippen LogP contribution in [0.4, 0.5) is 0 Å². The van der Waals surface area contributed by atoms with Crippen molar-refractivity contribution in [1.29, 1.82) is 0 Å². The molecule has 16 heavy (non-hydrogen) atoms. The number of carbonyl (C=O) groups is 1. The Hall–Kier alpha value is -1.55. The minimum absolute atomic E-state index is 0.0607. The van der Waals surface area contributed by atoms with Gasteiger partial charge in [-0.3, -0.25) is 4.79 Å². The van der Waals surface area contributed by atoms with Gasteiger partial charge in [0, 0.05) is 25.2 Å². The summed E-state index contributed by atoms with van der Waals surface area (Å²) in [5.41, 5.74) is 7.32. The maximum Gasteiger partial charge on any atom is 0.254 e. The quantitative estimate of drug-likeness (QED) is 0.813. The summed E-state index contributed by atoms with van der Waals surface area (Å²) < 4.78 is 5.13. The molecule has 4 nitrogen and oxygen atoms in total. The van der Waals surface area contributed by atoms with Crippen molar-refractivity contribution in [3.05, 3.63) is 29.3 Å². The van der Waals surface area contributed by atoms with Crippen molar-refractivity contribution < 1.29 is 9.53 Å². The summed E-state index contributed by atoms with van der Waals surface area (Å²) in [6, 6.07) is 5.66. The molecule has 0 fully saturated rings. The first kappa shape index (κ1) is 11.0. The minimum atomic E-state index is 0.0607. The molecule has 1 amide bonds. The van der Waals surface area contributed by atoms with Gasteiger partial charge in [-0.25, -0.2) is 0 Å². The van der Waals surface area contributed by atoms with E-state index in [0.29, 0.717) is 13.1 Å². The summed E-state index contributed by atoms with van der Waals surface area (Å²) in [6.45, 7) is 1.88. The summed E-state index contributed by atoms with van der Waals surface area (Å²) in [7, 11) is 1.60. The van der Waals surface area contributed by atoms with Crippen LogP contribution in [0, 0.1) is 0 Å². The highest BCUT2D eigenvalue weighted by molar-refractivity contribution is 5.97. The van der Waals surface area contributed by atoms with E-state index in [4.69, 9.17) is 10.5 Å². The van der Waals surface area contributed by atoms with Crippen LogP contribution in [0.3, 0.4) is 0 Å². The van der Waals surface area contributed by atoms with Gasteiger partial charge in [-0.15, -0.1) is 0 Å². The standard InChI is InChI=1S/C12H16N2O2/c1-16-10-3-2-9-4-6-14(7-5-13)12(15)11(9)8-10/h2-3,8H,4-7,13H2,1H3. The summed E-state index contributed by atoms with van der Waals surface area (Å²) in [4.78, 5) is 13.9. The highest BCUT2D eigenvalue weighted by Crippen LogP contribution is 2.23. The van der Waals surface area contributed by atoms with Gasteiger partial charge in [0.25, 0.3) is 5.91 Å². The van der Waals surface area contributed by atoms with Crippen molar-refractivity contribution >= 4 is 5.91 Å². The second kappa shape index (κ2) is 4.53. The van der Waals surface area contributed by atoms with E-state index >= 15 is 0 Å². The SMILES string of the molecule is COc1ccc2c(c1)C(=O)N(CCN)CC2. The second-order valence-corrected chi connectivity index (χ2v) is 3.85. The third-order valence-corrected chi connectivity index (χ3v) is 2.88. The van der Waals surface area contributed by atoms with Gasteiger partial charge in [0.15, 0.2) is 0 Å². The normalized spacial score (nSPS) is 14.9. The van der Waals surface area contributed by atoms with Crippen LogP contribution in [-0.2, 0) is 6.42 Å². The van der Waals surface area contributed by atoms with Gasteiger partial charge in [-0.1, -0.05) is 6.07 Å². The van der Waals surface area contributed by atoms with Crippen molar-refractivity contribution in [3.8, 4) is 5.75 Å². The van der Waals surface area contributed by atoms with Crippen LogP contribution < -0.4 is 10.5 Å². The molecule has 1 aromatic rings. The molecule has 1 aliphatic rings. The number of ether oxygens (including phenoxy) is 1. The average Bonchev–Trinajstić information content (AvgIpc) is 2.33. The van der Waals surface area contributed by atoms with E-state index in [1.165, 1.54) is 0 Å². The number of methoxy groups -OCH3 is 1. The Morgan fingerprint density at radius 2 is 2.31 bits per heavy atom. The van der Waals surface area contributed by atoms with Crippen molar-refractivity contribution in [3.63, 3.8) is 0 Å². The molecule has 1 aliphatic heterocycles. The van der Waals surface area contributed by atoms with Gasteiger partial charge in [0.05, 0.1) is 7.11 Å². The molecule has 0 bridgehead atoms. The first-order chi connectivity index (χ1) is 7.76. The number of rotatable bonds is 3. The van der Waals surface area contributed by atoms with Crippen molar-refractivity contribution in [2.24, 2.45) is 5.73 Å². The minimum Gasteiger partial charge on any atom is -0.497 e.